The van der Waals surface area contributed by atoms with E-state index in [1.54, 1.807) is 20.1 Å². The van der Waals surface area contributed by atoms with Crippen molar-refractivity contribution in [2.45, 2.75) is 13.0 Å². The second-order valence-electron chi connectivity index (χ2n) is 4.48. The number of nitrogens with one attached hydrogen (secondary N) is 1. The summed E-state index contributed by atoms with van der Waals surface area (Å²) < 4.78 is 11.0. The Labute approximate surface area is 126 Å². The Morgan fingerprint density at radius 1 is 1.33 bits per heavy atom. The molecule has 1 heterocycles. The van der Waals surface area contributed by atoms with E-state index in [2.05, 4.69) is 5.32 Å². The van der Waals surface area contributed by atoms with Gasteiger partial charge in [0.15, 0.2) is 6.10 Å². The maximum atomic E-state index is 12.0. The number of esters is 1. The average molecular weight is 307 g/mol. The first kappa shape index (κ1) is 15.5. The first-order valence-corrected chi connectivity index (χ1v) is 7.39. The van der Waals surface area contributed by atoms with Crippen LogP contribution in [0.1, 0.15) is 16.6 Å². The molecule has 0 fully saturated rings. The Morgan fingerprint density at radius 3 is 2.81 bits per heavy atom. The molecule has 1 aromatic carbocycles. The summed E-state index contributed by atoms with van der Waals surface area (Å²) in [6.07, 6.45) is -0.834. The fourth-order valence-electron chi connectivity index (χ4n) is 1.77. The molecule has 0 radical (unpaired) electrons. The highest BCUT2D eigenvalue weighted by Gasteiger charge is 2.19. The number of carbonyl (C=O) groups excluding carboxylic acids is 2. The molecule has 0 saturated heterocycles. The Hall–Kier alpha value is -1.92. The highest BCUT2D eigenvalue weighted by molar-refractivity contribution is 7.20. The third-order valence-corrected chi connectivity index (χ3v) is 3.98. The van der Waals surface area contributed by atoms with E-state index in [-0.39, 0.29) is 5.91 Å². The van der Waals surface area contributed by atoms with Crippen LogP contribution < -0.4 is 5.32 Å². The van der Waals surface area contributed by atoms with Crippen LogP contribution in [0.5, 0.6) is 0 Å². The molecule has 6 heteroatoms. The molecule has 0 unspecified atom stereocenters. The van der Waals surface area contributed by atoms with Crippen LogP contribution in [-0.2, 0) is 14.3 Å². The van der Waals surface area contributed by atoms with Crippen molar-refractivity contribution in [1.29, 1.82) is 0 Å². The van der Waals surface area contributed by atoms with Crippen molar-refractivity contribution in [3.05, 3.63) is 35.2 Å². The van der Waals surface area contributed by atoms with E-state index < -0.39 is 12.1 Å². The van der Waals surface area contributed by atoms with Crippen molar-refractivity contribution in [3.8, 4) is 0 Å². The van der Waals surface area contributed by atoms with Crippen molar-refractivity contribution in [3.63, 3.8) is 0 Å². The Kier molecular flexibility index (Phi) is 5.30. The number of carbonyl (C=O) groups is 2. The lowest BCUT2D eigenvalue weighted by Crippen LogP contribution is -2.37. The quantitative estimate of drug-likeness (QED) is 0.656. The first-order chi connectivity index (χ1) is 10.1. The van der Waals surface area contributed by atoms with Crippen LogP contribution in [0.4, 0.5) is 0 Å². The standard InChI is InChI=1S/C15H17NO4S/c1-10(14(17)16-7-8-19-2)20-15(18)13-9-11-5-3-4-6-12(11)21-13/h3-6,9-10H,7-8H2,1-2H3,(H,16,17)/t10-/m0/s1. The lowest BCUT2D eigenvalue weighted by Gasteiger charge is -2.12. The zero-order valence-electron chi connectivity index (χ0n) is 11.9. The number of ether oxygens (including phenoxy) is 2. The maximum Gasteiger partial charge on any atom is 0.349 e. The fraction of sp³-hybridized carbons (Fsp3) is 0.333. The number of benzene rings is 1. The molecule has 1 N–H and O–H groups in total. The second-order valence-corrected chi connectivity index (χ2v) is 5.56. The van der Waals surface area contributed by atoms with Crippen molar-refractivity contribution >= 4 is 33.3 Å². The second kappa shape index (κ2) is 7.19. The van der Waals surface area contributed by atoms with Gasteiger partial charge in [0.05, 0.1) is 6.61 Å². The minimum absolute atomic E-state index is 0.332. The number of fused-ring (bicyclic) bond motifs is 1. The average Bonchev–Trinajstić information content (AvgIpc) is 2.91. The predicted octanol–water partition coefficient (Wildman–Crippen LogP) is 2.21. The zero-order chi connectivity index (χ0) is 15.2. The Balaban J connectivity index is 1.95. The summed E-state index contributed by atoms with van der Waals surface area (Å²) in [5.41, 5.74) is 0. The summed E-state index contributed by atoms with van der Waals surface area (Å²) in [6, 6.07) is 9.48. The monoisotopic (exact) mass is 307 g/mol. The lowest BCUT2D eigenvalue weighted by molar-refractivity contribution is -0.129. The van der Waals surface area contributed by atoms with Gasteiger partial charge in [0.25, 0.3) is 5.91 Å². The molecule has 1 amide bonds. The molecule has 0 spiro atoms. The largest absolute Gasteiger partial charge is 0.448 e. The van der Waals surface area contributed by atoms with Gasteiger partial charge in [-0.15, -0.1) is 11.3 Å². The highest BCUT2D eigenvalue weighted by Crippen LogP contribution is 2.25. The van der Waals surface area contributed by atoms with Crippen LogP contribution in [0.25, 0.3) is 10.1 Å². The third-order valence-electron chi connectivity index (χ3n) is 2.89. The molecule has 2 aromatic rings. The smallest absolute Gasteiger partial charge is 0.349 e. The van der Waals surface area contributed by atoms with Gasteiger partial charge in [-0.05, 0) is 24.4 Å². The van der Waals surface area contributed by atoms with Gasteiger partial charge in [-0.3, -0.25) is 4.79 Å². The van der Waals surface area contributed by atoms with E-state index in [1.807, 2.05) is 24.3 Å². The van der Waals surface area contributed by atoms with E-state index >= 15 is 0 Å². The van der Waals surface area contributed by atoms with Gasteiger partial charge in [0.2, 0.25) is 0 Å². The number of hydrogen-bond acceptors (Lipinski definition) is 5. The van der Waals surface area contributed by atoms with Crippen molar-refractivity contribution < 1.29 is 19.1 Å². The molecule has 0 bridgehead atoms. The van der Waals surface area contributed by atoms with Crippen LogP contribution in [0, 0.1) is 0 Å². The summed E-state index contributed by atoms with van der Waals surface area (Å²) in [5.74, 6) is -0.813. The topological polar surface area (TPSA) is 64.6 Å². The van der Waals surface area contributed by atoms with E-state index in [9.17, 15) is 9.59 Å². The van der Waals surface area contributed by atoms with Crippen LogP contribution in [-0.4, -0.2) is 38.2 Å². The Morgan fingerprint density at radius 2 is 2.10 bits per heavy atom. The molecule has 2 rings (SSSR count). The van der Waals surface area contributed by atoms with Crippen LogP contribution in [0.2, 0.25) is 0 Å². The van der Waals surface area contributed by atoms with Crippen molar-refractivity contribution in [1.82, 2.24) is 5.32 Å². The van der Waals surface area contributed by atoms with E-state index in [1.165, 1.54) is 11.3 Å². The van der Waals surface area contributed by atoms with Gasteiger partial charge < -0.3 is 14.8 Å². The van der Waals surface area contributed by atoms with Crippen LogP contribution in [0.3, 0.4) is 0 Å². The number of amides is 1. The molecular weight excluding hydrogens is 290 g/mol. The number of rotatable bonds is 6. The van der Waals surface area contributed by atoms with Crippen molar-refractivity contribution in [2.24, 2.45) is 0 Å². The predicted molar refractivity (Wildman–Crippen MR) is 81.6 cm³/mol. The molecule has 1 aromatic heterocycles. The van der Waals surface area contributed by atoms with Gasteiger partial charge in [-0.1, -0.05) is 18.2 Å². The van der Waals surface area contributed by atoms with Gasteiger partial charge in [-0.2, -0.15) is 0 Å². The Bertz CT molecular complexity index is 604. The number of hydrogen-bond donors (Lipinski definition) is 1. The molecule has 1 atom stereocenters. The molecule has 0 aliphatic carbocycles. The fourth-order valence-corrected chi connectivity index (χ4v) is 2.72. The SMILES string of the molecule is COCCNC(=O)[C@H](C)OC(=O)c1cc2ccccc2s1. The number of methoxy groups -OCH3 is 1. The summed E-state index contributed by atoms with van der Waals surface area (Å²) >= 11 is 1.35. The maximum absolute atomic E-state index is 12.0. The third kappa shape index (κ3) is 4.03. The van der Waals surface area contributed by atoms with E-state index in [0.29, 0.717) is 18.0 Å². The highest BCUT2D eigenvalue weighted by atomic mass is 32.1. The summed E-state index contributed by atoms with van der Waals surface area (Å²) in [4.78, 5) is 24.3. The molecule has 0 aliphatic rings. The van der Waals surface area contributed by atoms with Crippen molar-refractivity contribution in [2.75, 3.05) is 20.3 Å². The summed E-state index contributed by atoms with van der Waals surface area (Å²) in [7, 11) is 1.55. The number of thiophene rings is 1. The first-order valence-electron chi connectivity index (χ1n) is 6.58. The normalized spacial score (nSPS) is 12.1. The van der Waals surface area contributed by atoms with Gasteiger partial charge in [0, 0.05) is 18.4 Å². The van der Waals surface area contributed by atoms with Crippen LogP contribution >= 0.6 is 11.3 Å². The van der Waals surface area contributed by atoms with Gasteiger partial charge in [-0.25, -0.2) is 4.79 Å². The van der Waals surface area contributed by atoms with E-state index in [0.717, 1.165) is 10.1 Å². The molecule has 112 valence electrons. The molecule has 21 heavy (non-hydrogen) atoms. The van der Waals surface area contributed by atoms with Gasteiger partial charge >= 0.3 is 5.97 Å². The summed E-state index contributed by atoms with van der Waals surface area (Å²) in [6.45, 7) is 2.36. The minimum atomic E-state index is -0.834. The zero-order valence-corrected chi connectivity index (χ0v) is 12.7. The van der Waals surface area contributed by atoms with Gasteiger partial charge in [0.1, 0.15) is 4.88 Å². The molecular formula is C15H17NO4S. The molecule has 5 nitrogen and oxygen atoms in total. The molecule has 0 aliphatic heterocycles. The summed E-state index contributed by atoms with van der Waals surface area (Å²) in [5, 5.41) is 3.62. The molecule has 0 saturated carbocycles. The lowest BCUT2D eigenvalue weighted by atomic mass is 10.2. The van der Waals surface area contributed by atoms with E-state index in [4.69, 9.17) is 9.47 Å². The minimum Gasteiger partial charge on any atom is -0.448 e. The van der Waals surface area contributed by atoms with Crippen LogP contribution in [0.15, 0.2) is 30.3 Å².